The van der Waals surface area contributed by atoms with Crippen molar-refractivity contribution in [2.45, 2.75) is 20.0 Å². The topological polar surface area (TPSA) is 55.1 Å². The van der Waals surface area contributed by atoms with Crippen LogP contribution in [0.3, 0.4) is 0 Å². The highest BCUT2D eigenvalue weighted by Gasteiger charge is 2.06. The van der Waals surface area contributed by atoms with Gasteiger partial charge in [-0.1, -0.05) is 35.9 Å². The number of carbonyl (C=O) groups is 1. The fourth-order valence-corrected chi connectivity index (χ4v) is 1.98. The third kappa shape index (κ3) is 3.59. The molecule has 104 valence electrons. The average molecular weight is 289 g/mol. The molecule has 1 amide bonds. The first-order valence-electron chi connectivity index (χ1n) is 6.42. The molecule has 2 aromatic rings. The number of carbonyl (C=O) groups excluding carboxylic acids is 1. The van der Waals surface area contributed by atoms with E-state index < -0.39 is 0 Å². The van der Waals surface area contributed by atoms with Crippen LogP contribution in [0.1, 0.15) is 27.0 Å². The Labute approximate surface area is 123 Å². The van der Waals surface area contributed by atoms with Crippen molar-refractivity contribution in [1.29, 1.82) is 0 Å². The van der Waals surface area contributed by atoms with E-state index in [-0.39, 0.29) is 5.91 Å². The van der Waals surface area contributed by atoms with Gasteiger partial charge in [0, 0.05) is 23.7 Å². The molecule has 0 aromatic heterocycles. The van der Waals surface area contributed by atoms with Crippen LogP contribution >= 0.6 is 11.6 Å². The van der Waals surface area contributed by atoms with Crippen molar-refractivity contribution in [3.63, 3.8) is 0 Å². The Morgan fingerprint density at radius 2 is 1.80 bits per heavy atom. The van der Waals surface area contributed by atoms with Crippen molar-refractivity contribution >= 4 is 17.5 Å². The summed E-state index contributed by atoms with van der Waals surface area (Å²) in [5.41, 5.74) is 9.18. The molecule has 0 spiro atoms. The van der Waals surface area contributed by atoms with Crippen LogP contribution in [0.2, 0.25) is 5.02 Å². The van der Waals surface area contributed by atoms with Crippen LogP contribution in [0.5, 0.6) is 0 Å². The Bertz CT molecular complexity index is 608. The van der Waals surface area contributed by atoms with Gasteiger partial charge in [0.1, 0.15) is 0 Å². The molecule has 0 radical (unpaired) electrons. The van der Waals surface area contributed by atoms with Crippen molar-refractivity contribution in [2.24, 2.45) is 5.73 Å². The Balaban J connectivity index is 1.98. The van der Waals surface area contributed by atoms with Crippen molar-refractivity contribution < 1.29 is 4.79 Å². The molecule has 0 saturated heterocycles. The van der Waals surface area contributed by atoms with Crippen LogP contribution in [0, 0.1) is 6.92 Å². The molecule has 0 aliphatic heterocycles. The maximum atomic E-state index is 12.0. The second kappa shape index (κ2) is 6.55. The highest BCUT2D eigenvalue weighted by atomic mass is 35.5. The van der Waals surface area contributed by atoms with Crippen molar-refractivity contribution in [3.8, 4) is 0 Å². The molecule has 0 fully saturated rings. The number of hydrogen-bond donors (Lipinski definition) is 2. The van der Waals surface area contributed by atoms with Crippen molar-refractivity contribution in [3.05, 3.63) is 69.7 Å². The number of amides is 1. The number of nitrogens with one attached hydrogen (secondary N) is 1. The van der Waals surface area contributed by atoms with Crippen LogP contribution in [0.25, 0.3) is 0 Å². The summed E-state index contributed by atoms with van der Waals surface area (Å²) in [6, 6.07) is 13.1. The molecule has 0 atom stereocenters. The quantitative estimate of drug-likeness (QED) is 0.908. The maximum absolute atomic E-state index is 12.0. The molecule has 4 heteroatoms. The van der Waals surface area contributed by atoms with Gasteiger partial charge in [0.25, 0.3) is 5.91 Å². The van der Waals surface area contributed by atoms with Gasteiger partial charge in [0.05, 0.1) is 0 Å². The zero-order chi connectivity index (χ0) is 14.5. The van der Waals surface area contributed by atoms with Gasteiger partial charge in [0.15, 0.2) is 0 Å². The predicted octanol–water partition coefficient (Wildman–Crippen LogP) is 3.04. The Hall–Kier alpha value is -1.84. The molecule has 3 nitrogen and oxygen atoms in total. The van der Waals surface area contributed by atoms with E-state index in [0.29, 0.717) is 23.7 Å². The van der Waals surface area contributed by atoms with Gasteiger partial charge in [-0.25, -0.2) is 0 Å². The van der Waals surface area contributed by atoms with Gasteiger partial charge in [0.2, 0.25) is 0 Å². The summed E-state index contributed by atoms with van der Waals surface area (Å²) < 4.78 is 0. The third-order valence-corrected chi connectivity index (χ3v) is 3.56. The number of nitrogens with two attached hydrogens (primary N) is 1. The number of halogens is 1. The molecule has 0 saturated carbocycles. The van der Waals surface area contributed by atoms with Crippen molar-refractivity contribution in [2.75, 3.05) is 0 Å². The van der Waals surface area contributed by atoms with E-state index in [0.717, 1.165) is 16.7 Å². The first-order valence-corrected chi connectivity index (χ1v) is 6.80. The largest absolute Gasteiger partial charge is 0.348 e. The van der Waals surface area contributed by atoms with Gasteiger partial charge >= 0.3 is 0 Å². The lowest BCUT2D eigenvalue weighted by molar-refractivity contribution is 0.0951. The highest BCUT2D eigenvalue weighted by molar-refractivity contribution is 6.31. The second-order valence-corrected chi connectivity index (χ2v) is 5.07. The smallest absolute Gasteiger partial charge is 0.251 e. The number of benzene rings is 2. The van der Waals surface area contributed by atoms with Gasteiger partial charge < -0.3 is 11.1 Å². The summed E-state index contributed by atoms with van der Waals surface area (Å²) in [5.74, 6) is -0.104. The molecule has 20 heavy (non-hydrogen) atoms. The normalized spacial score (nSPS) is 10.3. The summed E-state index contributed by atoms with van der Waals surface area (Å²) in [6.07, 6.45) is 0. The minimum Gasteiger partial charge on any atom is -0.348 e. The number of rotatable bonds is 4. The number of aryl methyl sites for hydroxylation is 1. The molecule has 0 aliphatic carbocycles. The fraction of sp³-hybridized carbons (Fsp3) is 0.188. The summed E-state index contributed by atoms with van der Waals surface area (Å²) in [6.45, 7) is 2.90. The third-order valence-electron chi connectivity index (χ3n) is 3.13. The number of hydrogen-bond acceptors (Lipinski definition) is 2. The molecule has 0 unspecified atom stereocenters. The van der Waals surface area contributed by atoms with E-state index >= 15 is 0 Å². The SMILES string of the molecule is Cc1cc(C(=O)NCc2ccc(CN)cc2)ccc1Cl. The molecular weight excluding hydrogens is 272 g/mol. The summed E-state index contributed by atoms with van der Waals surface area (Å²) in [4.78, 5) is 12.0. The summed E-state index contributed by atoms with van der Waals surface area (Å²) in [7, 11) is 0. The molecule has 0 bridgehead atoms. The lowest BCUT2D eigenvalue weighted by atomic mass is 10.1. The predicted molar refractivity (Wildman–Crippen MR) is 81.7 cm³/mol. The first-order chi connectivity index (χ1) is 9.60. The minimum absolute atomic E-state index is 0.104. The Morgan fingerprint density at radius 3 is 2.40 bits per heavy atom. The van der Waals surface area contributed by atoms with Gasteiger partial charge in [-0.15, -0.1) is 0 Å². The van der Waals surface area contributed by atoms with Crippen LogP contribution in [-0.4, -0.2) is 5.91 Å². The lowest BCUT2D eigenvalue weighted by Gasteiger charge is -2.07. The van der Waals surface area contributed by atoms with Crippen LogP contribution in [0.15, 0.2) is 42.5 Å². The van der Waals surface area contributed by atoms with Gasteiger partial charge in [-0.3, -0.25) is 4.79 Å². The molecule has 2 aromatic carbocycles. The van der Waals surface area contributed by atoms with E-state index in [1.807, 2.05) is 31.2 Å². The standard InChI is InChI=1S/C16H17ClN2O/c1-11-8-14(6-7-15(11)17)16(20)19-10-13-4-2-12(9-18)3-5-13/h2-8H,9-10,18H2,1H3,(H,19,20). The van der Waals surface area contributed by atoms with Crippen LogP contribution < -0.4 is 11.1 Å². The summed E-state index contributed by atoms with van der Waals surface area (Å²) >= 11 is 5.94. The first kappa shape index (κ1) is 14.6. The van der Waals surface area contributed by atoms with Crippen molar-refractivity contribution in [1.82, 2.24) is 5.32 Å². The average Bonchev–Trinajstić information content (AvgIpc) is 2.48. The highest BCUT2D eigenvalue weighted by Crippen LogP contribution is 2.16. The fourth-order valence-electron chi connectivity index (χ4n) is 1.86. The zero-order valence-electron chi connectivity index (χ0n) is 11.3. The minimum atomic E-state index is -0.104. The van der Waals surface area contributed by atoms with Crippen LogP contribution in [-0.2, 0) is 13.1 Å². The maximum Gasteiger partial charge on any atom is 0.251 e. The molecule has 2 rings (SSSR count). The zero-order valence-corrected chi connectivity index (χ0v) is 12.1. The molecule has 3 N–H and O–H groups in total. The van der Waals surface area contributed by atoms with E-state index in [9.17, 15) is 4.79 Å². The second-order valence-electron chi connectivity index (χ2n) is 4.67. The van der Waals surface area contributed by atoms with E-state index in [4.69, 9.17) is 17.3 Å². The van der Waals surface area contributed by atoms with Gasteiger partial charge in [-0.05, 0) is 41.8 Å². The monoisotopic (exact) mass is 288 g/mol. The van der Waals surface area contributed by atoms with Crippen LogP contribution in [0.4, 0.5) is 0 Å². The summed E-state index contributed by atoms with van der Waals surface area (Å²) in [5, 5.41) is 3.55. The molecule has 0 aliphatic rings. The Morgan fingerprint density at radius 1 is 1.15 bits per heavy atom. The molecular formula is C16H17ClN2O. The van der Waals surface area contributed by atoms with E-state index in [2.05, 4.69) is 5.32 Å². The van der Waals surface area contributed by atoms with E-state index in [1.54, 1.807) is 18.2 Å². The Kier molecular flexibility index (Phi) is 4.77. The van der Waals surface area contributed by atoms with E-state index in [1.165, 1.54) is 0 Å². The van der Waals surface area contributed by atoms with Gasteiger partial charge in [-0.2, -0.15) is 0 Å². The molecule has 0 heterocycles. The lowest BCUT2D eigenvalue weighted by Crippen LogP contribution is -2.22.